The van der Waals surface area contributed by atoms with Crippen LogP contribution in [0.3, 0.4) is 0 Å². The van der Waals surface area contributed by atoms with Gasteiger partial charge in [0.1, 0.15) is 0 Å². The van der Waals surface area contributed by atoms with E-state index in [1.165, 1.54) is 12.1 Å². The summed E-state index contributed by atoms with van der Waals surface area (Å²) >= 11 is 12.0. The third kappa shape index (κ3) is 2.97. The molecule has 2 aromatic rings. The zero-order valence-corrected chi connectivity index (χ0v) is 11.1. The first-order valence-corrected chi connectivity index (χ1v) is 6.13. The molecule has 0 amide bonds. The lowest BCUT2D eigenvalue weighted by atomic mass is 10.0. The van der Waals surface area contributed by atoms with Gasteiger partial charge in [0.05, 0.1) is 16.5 Å². The summed E-state index contributed by atoms with van der Waals surface area (Å²) in [6.45, 7) is 0. The minimum Gasteiger partial charge on any atom is -0.481 e. The van der Waals surface area contributed by atoms with Gasteiger partial charge in [0.25, 0.3) is 0 Å². The second kappa shape index (κ2) is 5.47. The van der Waals surface area contributed by atoms with Crippen molar-refractivity contribution in [1.82, 2.24) is 4.98 Å². The van der Waals surface area contributed by atoms with Crippen molar-refractivity contribution >= 4 is 29.2 Å². The van der Waals surface area contributed by atoms with Crippen molar-refractivity contribution in [1.29, 1.82) is 0 Å². The fraction of sp³-hybridized carbons (Fsp3) is 0.0769. The Balaban J connectivity index is 2.64. The monoisotopic (exact) mass is 297 g/mol. The molecule has 1 aromatic heterocycles. The average molecular weight is 298 g/mol. The lowest BCUT2D eigenvalue weighted by Gasteiger charge is -2.10. The van der Waals surface area contributed by atoms with Gasteiger partial charge in [-0.2, -0.15) is 0 Å². The Morgan fingerprint density at radius 3 is 2.58 bits per heavy atom. The van der Waals surface area contributed by atoms with E-state index in [1.54, 1.807) is 18.2 Å². The number of rotatable bonds is 3. The second-order valence-corrected chi connectivity index (χ2v) is 4.67. The molecule has 0 fully saturated rings. The number of carboxylic acid groups (broad SMARTS) is 1. The summed E-state index contributed by atoms with van der Waals surface area (Å²) < 4.78 is 0. The van der Waals surface area contributed by atoms with Gasteiger partial charge in [-0.15, -0.1) is 0 Å². The van der Waals surface area contributed by atoms with Gasteiger partial charge >= 0.3 is 5.97 Å². The van der Waals surface area contributed by atoms with Gasteiger partial charge in [0.2, 0.25) is 5.56 Å². The van der Waals surface area contributed by atoms with Crippen LogP contribution in [0, 0.1) is 0 Å². The SMILES string of the molecule is O=C(O)Cc1[nH]c(=O)ccc1-c1cccc(Cl)c1Cl. The molecule has 0 saturated carbocycles. The second-order valence-electron chi connectivity index (χ2n) is 3.89. The number of H-pyrrole nitrogens is 1. The minimum atomic E-state index is -1.04. The summed E-state index contributed by atoms with van der Waals surface area (Å²) in [5.41, 5.74) is 1.07. The van der Waals surface area contributed by atoms with Crippen molar-refractivity contribution in [2.24, 2.45) is 0 Å². The van der Waals surface area contributed by atoms with E-state index < -0.39 is 5.97 Å². The van der Waals surface area contributed by atoms with Crippen LogP contribution in [0.15, 0.2) is 35.1 Å². The quantitative estimate of drug-likeness (QED) is 0.915. The molecule has 1 heterocycles. The third-order valence-corrected chi connectivity index (χ3v) is 3.39. The number of hydrogen-bond acceptors (Lipinski definition) is 2. The average Bonchev–Trinajstić information content (AvgIpc) is 2.33. The fourth-order valence-electron chi connectivity index (χ4n) is 1.77. The first kappa shape index (κ1) is 13.6. The number of hydrogen-bond donors (Lipinski definition) is 2. The van der Waals surface area contributed by atoms with Crippen LogP contribution >= 0.6 is 23.2 Å². The maximum absolute atomic E-state index is 11.3. The summed E-state index contributed by atoms with van der Waals surface area (Å²) in [6.07, 6.45) is -0.297. The molecule has 2 N–H and O–H groups in total. The Hall–Kier alpha value is -1.78. The minimum absolute atomic E-state index is 0.296. The van der Waals surface area contributed by atoms with E-state index in [1.807, 2.05) is 0 Å². The highest BCUT2D eigenvalue weighted by Crippen LogP contribution is 2.34. The van der Waals surface area contributed by atoms with Gasteiger partial charge in [0.15, 0.2) is 0 Å². The van der Waals surface area contributed by atoms with Gasteiger partial charge in [-0.3, -0.25) is 9.59 Å². The molecule has 0 bridgehead atoms. The van der Waals surface area contributed by atoms with Crippen molar-refractivity contribution < 1.29 is 9.90 Å². The topological polar surface area (TPSA) is 70.2 Å². The molecule has 0 radical (unpaired) electrons. The summed E-state index contributed by atoms with van der Waals surface area (Å²) in [5.74, 6) is -1.04. The molecule has 0 aliphatic heterocycles. The van der Waals surface area contributed by atoms with Crippen LogP contribution in [-0.2, 0) is 11.2 Å². The molecule has 0 saturated heterocycles. The molecule has 0 aliphatic carbocycles. The number of carbonyl (C=O) groups is 1. The predicted octanol–water partition coefficient (Wildman–Crippen LogP) is 2.98. The van der Waals surface area contributed by atoms with Gasteiger partial charge in [-0.25, -0.2) is 0 Å². The number of halogens is 2. The van der Waals surface area contributed by atoms with E-state index in [4.69, 9.17) is 28.3 Å². The molecule has 19 heavy (non-hydrogen) atoms. The number of pyridine rings is 1. The van der Waals surface area contributed by atoms with Crippen LogP contribution in [0.1, 0.15) is 5.69 Å². The summed E-state index contributed by atoms with van der Waals surface area (Å²) in [5, 5.41) is 9.56. The van der Waals surface area contributed by atoms with Crippen LogP contribution in [0.4, 0.5) is 0 Å². The molecule has 4 nitrogen and oxygen atoms in total. The van der Waals surface area contributed by atoms with Crippen molar-refractivity contribution in [3.63, 3.8) is 0 Å². The van der Waals surface area contributed by atoms with Crippen molar-refractivity contribution in [3.8, 4) is 11.1 Å². The standard InChI is InChI=1S/C13H9Cl2NO3/c14-9-3-1-2-8(13(9)15)7-4-5-11(17)16-10(7)6-12(18)19/h1-5H,6H2,(H,16,17)(H,18,19). The Labute approximate surface area is 118 Å². The summed E-state index contributed by atoms with van der Waals surface area (Å²) in [4.78, 5) is 24.6. The van der Waals surface area contributed by atoms with Gasteiger partial charge in [-0.1, -0.05) is 35.3 Å². The lowest BCUT2D eigenvalue weighted by molar-refractivity contribution is -0.136. The molecule has 2 rings (SSSR count). The van der Waals surface area contributed by atoms with E-state index in [2.05, 4.69) is 4.98 Å². The van der Waals surface area contributed by atoms with Gasteiger partial charge in [0, 0.05) is 22.9 Å². The van der Waals surface area contributed by atoms with E-state index in [0.717, 1.165) is 0 Å². The maximum atomic E-state index is 11.3. The van der Waals surface area contributed by atoms with Crippen molar-refractivity contribution in [2.75, 3.05) is 0 Å². The number of benzene rings is 1. The first-order chi connectivity index (χ1) is 8.99. The maximum Gasteiger partial charge on any atom is 0.309 e. The lowest BCUT2D eigenvalue weighted by Crippen LogP contribution is -2.12. The number of aliphatic carboxylic acids is 1. The number of aromatic nitrogens is 1. The zero-order chi connectivity index (χ0) is 14.0. The highest BCUT2D eigenvalue weighted by molar-refractivity contribution is 6.43. The van der Waals surface area contributed by atoms with Gasteiger partial charge < -0.3 is 10.1 Å². The Morgan fingerprint density at radius 1 is 1.16 bits per heavy atom. The fourth-order valence-corrected chi connectivity index (χ4v) is 2.17. The van der Waals surface area contributed by atoms with E-state index in [0.29, 0.717) is 26.9 Å². The van der Waals surface area contributed by atoms with E-state index in [9.17, 15) is 9.59 Å². The number of nitrogens with one attached hydrogen (secondary N) is 1. The van der Waals surface area contributed by atoms with E-state index in [-0.39, 0.29) is 12.0 Å². The highest BCUT2D eigenvalue weighted by atomic mass is 35.5. The Kier molecular flexibility index (Phi) is 3.93. The zero-order valence-electron chi connectivity index (χ0n) is 9.61. The molecule has 0 aliphatic rings. The molecule has 1 aromatic carbocycles. The predicted molar refractivity (Wildman–Crippen MR) is 73.9 cm³/mol. The van der Waals surface area contributed by atoms with Crippen LogP contribution in [-0.4, -0.2) is 16.1 Å². The highest BCUT2D eigenvalue weighted by Gasteiger charge is 2.13. The molecular weight excluding hydrogens is 289 g/mol. The summed E-state index contributed by atoms with van der Waals surface area (Å²) in [7, 11) is 0. The van der Waals surface area contributed by atoms with Crippen LogP contribution in [0.2, 0.25) is 10.0 Å². The molecule has 0 spiro atoms. The molecule has 0 unspecified atom stereocenters. The Morgan fingerprint density at radius 2 is 1.89 bits per heavy atom. The summed E-state index contributed by atoms with van der Waals surface area (Å²) in [6, 6.07) is 7.91. The molecular formula is C13H9Cl2NO3. The van der Waals surface area contributed by atoms with Gasteiger partial charge in [-0.05, 0) is 12.1 Å². The van der Waals surface area contributed by atoms with E-state index >= 15 is 0 Å². The Bertz CT molecular complexity index is 695. The largest absolute Gasteiger partial charge is 0.481 e. The molecule has 98 valence electrons. The van der Waals surface area contributed by atoms with Crippen LogP contribution in [0.5, 0.6) is 0 Å². The molecule has 6 heteroatoms. The van der Waals surface area contributed by atoms with Crippen LogP contribution in [0.25, 0.3) is 11.1 Å². The number of aromatic amines is 1. The number of carboxylic acids is 1. The van der Waals surface area contributed by atoms with Crippen molar-refractivity contribution in [2.45, 2.75) is 6.42 Å². The normalized spacial score (nSPS) is 10.4. The molecule has 0 atom stereocenters. The first-order valence-electron chi connectivity index (χ1n) is 5.37. The van der Waals surface area contributed by atoms with Crippen LogP contribution < -0.4 is 5.56 Å². The third-order valence-electron chi connectivity index (χ3n) is 2.57. The van der Waals surface area contributed by atoms with Crippen molar-refractivity contribution in [3.05, 3.63) is 56.4 Å². The smallest absolute Gasteiger partial charge is 0.309 e.